The van der Waals surface area contributed by atoms with Gasteiger partial charge in [-0.1, -0.05) is 36.4 Å². The Balaban J connectivity index is 1.39. The van der Waals surface area contributed by atoms with E-state index in [1.807, 2.05) is 54.6 Å². The number of rotatable bonds is 6. The van der Waals surface area contributed by atoms with E-state index in [4.69, 9.17) is 9.15 Å². The Hall–Kier alpha value is -3.57. The highest BCUT2D eigenvalue weighted by molar-refractivity contribution is 5.94. The molecular weight excluding hydrogens is 366 g/mol. The number of para-hydroxylation sites is 2. The average Bonchev–Trinajstić information content (AvgIpc) is 3.19. The highest BCUT2D eigenvalue weighted by Crippen LogP contribution is 2.27. The van der Waals surface area contributed by atoms with Crippen molar-refractivity contribution < 1.29 is 19.1 Å². The van der Waals surface area contributed by atoms with Crippen LogP contribution in [0.2, 0.25) is 0 Å². The number of ether oxygens (including phenoxy) is 1. The summed E-state index contributed by atoms with van der Waals surface area (Å²) in [5.74, 6) is 1.49. The molecule has 5 nitrogen and oxygen atoms in total. The van der Waals surface area contributed by atoms with Crippen LogP contribution in [0, 0.1) is 0 Å². The summed E-state index contributed by atoms with van der Waals surface area (Å²) in [6.45, 7) is 1.63. The van der Waals surface area contributed by atoms with E-state index in [9.17, 15) is 9.90 Å². The fraction of sp³-hybridized carbons (Fsp3) is 0.125. The van der Waals surface area contributed by atoms with E-state index in [0.717, 1.165) is 11.1 Å². The first-order valence-corrected chi connectivity index (χ1v) is 9.34. The summed E-state index contributed by atoms with van der Waals surface area (Å²) in [6.07, 6.45) is 0. The molecular formula is C24H21NO4. The van der Waals surface area contributed by atoms with Crippen LogP contribution in [0.1, 0.15) is 23.0 Å². The molecule has 0 spiro atoms. The summed E-state index contributed by atoms with van der Waals surface area (Å²) in [5.41, 5.74) is -0.153. The second kappa shape index (κ2) is 7.81. The second-order valence-corrected chi connectivity index (χ2v) is 7.04. The van der Waals surface area contributed by atoms with E-state index in [1.165, 1.54) is 0 Å². The monoisotopic (exact) mass is 387 g/mol. The number of fused-ring (bicyclic) bond motifs is 1. The quantitative estimate of drug-likeness (QED) is 0.495. The molecule has 0 aliphatic rings. The lowest BCUT2D eigenvalue weighted by Crippen LogP contribution is -2.38. The minimum Gasteiger partial charge on any atom is -0.458 e. The summed E-state index contributed by atoms with van der Waals surface area (Å²) in [4.78, 5) is 12.5. The number of furan rings is 1. The van der Waals surface area contributed by atoms with E-state index < -0.39 is 5.60 Å². The van der Waals surface area contributed by atoms with Crippen LogP contribution in [0.4, 0.5) is 0 Å². The molecule has 29 heavy (non-hydrogen) atoms. The van der Waals surface area contributed by atoms with Crippen LogP contribution in [-0.2, 0) is 5.60 Å². The minimum atomic E-state index is -1.33. The Morgan fingerprint density at radius 2 is 1.62 bits per heavy atom. The molecule has 1 unspecified atom stereocenters. The minimum absolute atomic E-state index is 0.0217. The highest BCUT2D eigenvalue weighted by atomic mass is 16.5. The zero-order valence-corrected chi connectivity index (χ0v) is 16.0. The molecule has 1 atom stereocenters. The predicted octanol–water partition coefficient (Wildman–Crippen LogP) is 4.86. The third-order valence-corrected chi connectivity index (χ3v) is 4.64. The summed E-state index contributed by atoms with van der Waals surface area (Å²) >= 11 is 0. The van der Waals surface area contributed by atoms with Gasteiger partial charge in [0.1, 0.15) is 28.4 Å². The van der Waals surface area contributed by atoms with Crippen molar-refractivity contribution in [3.05, 3.63) is 96.3 Å². The van der Waals surface area contributed by atoms with Crippen molar-refractivity contribution in [2.24, 2.45) is 0 Å². The molecule has 0 saturated carbocycles. The Kier molecular flexibility index (Phi) is 5.06. The van der Waals surface area contributed by atoms with Crippen molar-refractivity contribution in [2.45, 2.75) is 12.5 Å². The molecule has 2 N–H and O–H groups in total. The van der Waals surface area contributed by atoms with E-state index in [0.29, 0.717) is 22.7 Å². The van der Waals surface area contributed by atoms with Crippen LogP contribution in [0.25, 0.3) is 11.0 Å². The third kappa shape index (κ3) is 4.31. The Morgan fingerprint density at radius 1 is 0.966 bits per heavy atom. The first kappa shape index (κ1) is 18.8. The molecule has 0 fully saturated rings. The molecule has 5 heteroatoms. The lowest BCUT2D eigenvalue weighted by molar-refractivity contribution is 0.0344. The maximum atomic E-state index is 12.5. The van der Waals surface area contributed by atoms with E-state index in [-0.39, 0.29) is 12.5 Å². The van der Waals surface area contributed by atoms with Gasteiger partial charge in [0, 0.05) is 10.9 Å². The molecule has 0 aliphatic heterocycles. The molecule has 3 aromatic carbocycles. The van der Waals surface area contributed by atoms with E-state index in [1.54, 1.807) is 37.3 Å². The van der Waals surface area contributed by atoms with Gasteiger partial charge in [-0.05, 0) is 55.5 Å². The topological polar surface area (TPSA) is 71.7 Å². The summed E-state index contributed by atoms with van der Waals surface area (Å²) < 4.78 is 11.5. The fourth-order valence-corrected chi connectivity index (χ4v) is 2.99. The van der Waals surface area contributed by atoms with Gasteiger partial charge in [0.2, 0.25) is 0 Å². The van der Waals surface area contributed by atoms with Gasteiger partial charge in [-0.15, -0.1) is 0 Å². The van der Waals surface area contributed by atoms with Crippen LogP contribution >= 0.6 is 0 Å². The van der Waals surface area contributed by atoms with Crippen LogP contribution < -0.4 is 10.1 Å². The van der Waals surface area contributed by atoms with Gasteiger partial charge in [-0.3, -0.25) is 4.79 Å². The Labute approximate surface area is 168 Å². The first-order valence-electron chi connectivity index (χ1n) is 9.34. The largest absolute Gasteiger partial charge is 0.458 e. The lowest BCUT2D eigenvalue weighted by Gasteiger charge is -2.21. The molecule has 0 bridgehead atoms. The number of carbonyl (C=O) groups is 1. The van der Waals surface area contributed by atoms with Crippen LogP contribution in [0.15, 0.2) is 89.3 Å². The average molecular weight is 387 g/mol. The summed E-state index contributed by atoms with van der Waals surface area (Å²) in [7, 11) is 0. The predicted molar refractivity (Wildman–Crippen MR) is 111 cm³/mol. The summed E-state index contributed by atoms with van der Waals surface area (Å²) in [5, 5.41) is 14.4. The maximum absolute atomic E-state index is 12.5. The molecule has 0 aliphatic carbocycles. The smallest absolute Gasteiger partial charge is 0.251 e. The standard InChI is InChI=1S/C24H21NO4/c1-24(27,22-15-18-7-5-6-10-21(18)29-22)16-25-23(26)17-11-13-20(14-12-17)28-19-8-3-2-4-9-19/h2-15,27H,16H2,1H3,(H,25,26). The van der Waals surface area contributed by atoms with Crippen LogP contribution in [0.3, 0.4) is 0 Å². The molecule has 146 valence electrons. The van der Waals surface area contributed by atoms with E-state index in [2.05, 4.69) is 5.32 Å². The molecule has 1 amide bonds. The number of hydrogen-bond donors (Lipinski definition) is 2. The second-order valence-electron chi connectivity index (χ2n) is 7.04. The van der Waals surface area contributed by atoms with Gasteiger partial charge in [-0.25, -0.2) is 0 Å². The van der Waals surface area contributed by atoms with Gasteiger partial charge < -0.3 is 19.6 Å². The molecule has 0 radical (unpaired) electrons. The van der Waals surface area contributed by atoms with Gasteiger partial charge in [0.15, 0.2) is 0 Å². The number of aliphatic hydroxyl groups is 1. The van der Waals surface area contributed by atoms with Crippen molar-refractivity contribution in [3.63, 3.8) is 0 Å². The van der Waals surface area contributed by atoms with Crippen molar-refractivity contribution in [3.8, 4) is 11.5 Å². The number of carbonyl (C=O) groups excluding carboxylic acids is 1. The zero-order valence-electron chi connectivity index (χ0n) is 16.0. The fourth-order valence-electron chi connectivity index (χ4n) is 2.99. The summed E-state index contributed by atoms with van der Waals surface area (Å²) in [6, 6.07) is 25.6. The van der Waals surface area contributed by atoms with Crippen molar-refractivity contribution in [1.29, 1.82) is 0 Å². The first-order chi connectivity index (χ1) is 14.0. The van der Waals surface area contributed by atoms with Crippen molar-refractivity contribution >= 4 is 16.9 Å². The van der Waals surface area contributed by atoms with Crippen molar-refractivity contribution in [2.75, 3.05) is 6.54 Å². The lowest BCUT2D eigenvalue weighted by atomic mass is 10.0. The van der Waals surface area contributed by atoms with E-state index >= 15 is 0 Å². The maximum Gasteiger partial charge on any atom is 0.251 e. The van der Waals surface area contributed by atoms with Crippen molar-refractivity contribution in [1.82, 2.24) is 5.32 Å². The SMILES string of the molecule is CC(O)(CNC(=O)c1ccc(Oc2ccccc2)cc1)c1cc2ccccc2o1. The Bertz CT molecular complexity index is 1080. The Morgan fingerprint density at radius 3 is 2.34 bits per heavy atom. The number of benzene rings is 3. The number of amides is 1. The van der Waals surface area contributed by atoms with Gasteiger partial charge in [0.05, 0.1) is 6.54 Å². The van der Waals surface area contributed by atoms with Crippen LogP contribution in [-0.4, -0.2) is 17.6 Å². The molecule has 1 heterocycles. The highest BCUT2D eigenvalue weighted by Gasteiger charge is 2.28. The van der Waals surface area contributed by atoms with Gasteiger partial charge >= 0.3 is 0 Å². The molecule has 4 rings (SSSR count). The molecule has 1 aromatic heterocycles. The van der Waals surface area contributed by atoms with Gasteiger partial charge in [-0.2, -0.15) is 0 Å². The number of hydrogen-bond acceptors (Lipinski definition) is 4. The van der Waals surface area contributed by atoms with Gasteiger partial charge in [0.25, 0.3) is 5.91 Å². The van der Waals surface area contributed by atoms with Crippen LogP contribution in [0.5, 0.6) is 11.5 Å². The number of nitrogens with one attached hydrogen (secondary N) is 1. The third-order valence-electron chi connectivity index (χ3n) is 4.64. The zero-order chi connectivity index (χ0) is 20.3. The molecule has 4 aromatic rings. The normalized spacial score (nSPS) is 13.0. The molecule has 0 saturated heterocycles.